The molecule has 0 radical (unpaired) electrons. The molecule has 0 aliphatic carbocycles. The van der Waals surface area contributed by atoms with Gasteiger partial charge < -0.3 is 19.5 Å². The highest BCUT2D eigenvalue weighted by molar-refractivity contribution is 5.79. The molecule has 2 aromatic rings. The first kappa shape index (κ1) is 21.1. The number of aliphatic hydroxyl groups is 1. The van der Waals surface area contributed by atoms with E-state index in [-0.39, 0.29) is 0 Å². The monoisotopic (exact) mass is 433 g/mol. The SMILES string of the molecule is N#Cc1c(-c2ccc3c(c2)OCCO3)cccc1N1CCC(N2CCC(CCO)C2)CC1. The van der Waals surface area contributed by atoms with Crippen LogP contribution in [-0.4, -0.2) is 62.0 Å². The molecule has 168 valence electrons. The lowest BCUT2D eigenvalue weighted by Gasteiger charge is -2.38. The zero-order chi connectivity index (χ0) is 21.9. The Morgan fingerprint density at radius 2 is 1.81 bits per heavy atom. The average Bonchev–Trinajstić information content (AvgIpc) is 3.32. The number of hydrogen-bond acceptors (Lipinski definition) is 6. The maximum Gasteiger partial charge on any atom is 0.161 e. The van der Waals surface area contributed by atoms with Crippen molar-refractivity contribution in [1.29, 1.82) is 5.26 Å². The lowest BCUT2D eigenvalue weighted by Crippen LogP contribution is -2.44. The number of aliphatic hydroxyl groups excluding tert-OH is 1. The predicted octanol–water partition coefficient (Wildman–Crippen LogP) is 3.67. The van der Waals surface area contributed by atoms with Crippen LogP contribution in [0.15, 0.2) is 36.4 Å². The van der Waals surface area contributed by atoms with Gasteiger partial charge in [-0.1, -0.05) is 18.2 Å². The number of nitriles is 1. The van der Waals surface area contributed by atoms with Crippen molar-refractivity contribution in [3.8, 4) is 28.7 Å². The number of nitrogens with zero attached hydrogens (tertiary/aromatic N) is 3. The lowest BCUT2D eigenvalue weighted by molar-refractivity contribution is 0.171. The first-order valence-corrected chi connectivity index (χ1v) is 11.8. The summed E-state index contributed by atoms with van der Waals surface area (Å²) in [5.41, 5.74) is 3.68. The van der Waals surface area contributed by atoms with Gasteiger partial charge in [0.15, 0.2) is 11.5 Å². The molecule has 32 heavy (non-hydrogen) atoms. The van der Waals surface area contributed by atoms with Crippen LogP contribution in [-0.2, 0) is 0 Å². The first-order valence-electron chi connectivity index (χ1n) is 11.8. The zero-order valence-electron chi connectivity index (χ0n) is 18.5. The van der Waals surface area contributed by atoms with Gasteiger partial charge in [0.25, 0.3) is 0 Å². The van der Waals surface area contributed by atoms with Gasteiger partial charge in [-0.2, -0.15) is 5.26 Å². The van der Waals surface area contributed by atoms with E-state index >= 15 is 0 Å². The predicted molar refractivity (Wildman–Crippen MR) is 124 cm³/mol. The van der Waals surface area contributed by atoms with Gasteiger partial charge in [-0.05, 0) is 61.9 Å². The van der Waals surface area contributed by atoms with Crippen LogP contribution < -0.4 is 14.4 Å². The van der Waals surface area contributed by atoms with Crippen molar-refractivity contribution in [1.82, 2.24) is 4.90 Å². The molecule has 2 saturated heterocycles. The quantitative estimate of drug-likeness (QED) is 0.776. The Morgan fingerprint density at radius 1 is 1.00 bits per heavy atom. The van der Waals surface area contributed by atoms with Crippen LogP contribution in [0.1, 0.15) is 31.2 Å². The number of ether oxygens (including phenoxy) is 2. The largest absolute Gasteiger partial charge is 0.486 e. The van der Waals surface area contributed by atoms with Gasteiger partial charge in [0, 0.05) is 37.8 Å². The molecule has 0 spiro atoms. The van der Waals surface area contributed by atoms with Crippen LogP contribution in [0.4, 0.5) is 5.69 Å². The Morgan fingerprint density at radius 3 is 2.59 bits per heavy atom. The third-order valence-corrected chi connectivity index (χ3v) is 7.18. The number of piperidine rings is 1. The van der Waals surface area contributed by atoms with Crippen LogP contribution in [0.3, 0.4) is 0 Å². The van der Waals surface area contributed by atoms with Crippen LogP contribution in [0.2, 0.25) is 0 Å². The smallest absolute Gasteiger partial charge is 0.161 e. The van der Waals surface area contributed by atoms with E-state index in [1.165, 1.54) is 6.42 Å². The lowest BCUT2D eigenvalue weighted by atomic mass is 9.96. The molecule has 6 nitrogen and oxygen atoms in total. The highest BCUT2D eigenvalue weighted by Crippen LogP contribution is 2.38. The van der Waals surface area contributed by atoms with Crippen molar-refractivity contribution in [2.75, 3.05) is 50.9 Å². The highest BCUT2D eigenvalue weighted by atomic mass is 16.6. The molecule has 0 amide bonds. The summed E-state index contributed by atoms with van der Waals surface area (Å²) in [4.78, 5) is 4.99. The second kappa shape index (κ2) is 9.40. The Kier molecular flexibility index (Phi) is 6.20. The van der Waals surface area contributed by atoms with Gasteiger partial charge in [0.2, 0.25) is 0 Å². The van der Waals surface area contributed by atoms with Crippen LogP contribution in [0.25, 0.3) is 11.1 Å². The van der Waals surface area contributed by atoms with E-state index in [1.807, 2.05) is 30.3 Å². The molecule has 6 heteroatoms. The normalized spacial score (nSPS) is 21.5. The molecule has 0 aromatic heterocycles. The summed E-state index contributed by atoms with van der Waals surface area (Å²) < 4.78 is 11.4. The molecule has 3 heterocycles. The van der Waals surface area contributed by atoms with E-state index in [1.54, 1.807) is 0 Å². The number of fused-ring (bicyclic) bond motifs is 1. The minimum Gasteiger partial charge on any atom is -0.486 e. The van der Waals surface area contributed by atoms with Crippen molar-refractivity contribution in [3.05, 3.63) is 42.0 Å². The van der Waals surface area contributed by atoms with Gasteiger partial charge >= 0.3 is 0 Å². The summed E-state index contributed by atoms with van der Waals surface area (Å²) >= 11 is 0. The van der Waals surface area contributed by atoms with Crippen LogP contribution >= 0.6 is 0 Å². The van der Waals surface area contributed by atoms with Gasteiger partial charge in [-0.3, -0.25) is 4.90 Å². The average molecular weight is 434 g/mol. The van der Waals surface area contributed by atoms with Gasteiger partial charge in [0.1, 0.15) is 19.3 Å². The van der Waals surface area contributed by atoms with Crippen molar-refractivity contribution in [2.24, 2.45) is 5.92 Å². The number of anilines is 1. The summed E-state index contributed by atoms with van der Waals surface area (Å²) in [5.74, 6) is 2.15. The Labute approximate surface area is 190 Å². The summed E-state index contributed by atoms with van der Waals surface area (Å²) in [7, 11) is 0. The molecule has 0 bridgehead atoms. The number of benzene rings is 2. The maximum absolute atomic E-state index is 10.1. The number of hydrogen-bond donors (Lipinski definition) is 1. The molecule has 1 N–H and O–H groups in total. The molecule has 5 rings (SSSR count). The minimum atomic E-state index is 0.299. The Hall–Kier alpha value is -2.75. The van der Waals surface area contributed by atoms with E-state index < -0.39 is 0 Å². The zero-order valence-corrected chi connectivity index (χ0v) is 18.5. The molecule has 1 unspecified atom stereocenters. The van der Waals surface area contributed by atoms with E-state index in [0.717, 1.165) is 79.3 Å². The minimum absolute atomic E-state index is 0.299. The van der Waals surface area contributed by atoms with E-state index in [2.05, 4.69) is 21.9 Å². The molecule has 0 saturated carbocycles. The fraction of sp³-hybridized carbons (Fsp3) is 0.500. The van der Waals surface area contributed by atoms with Crippen molar-refractivity contribution < 1.29 is 14.6 Å². The van der Waals surface area contributed by atoms with E-state index in [0.29, 0.717) is 31.8 Å². The van der Waals surface area contributed by atoms with E-state index in [9.17, 15) is 10.4 Å². The first-order chi connectivity index (χ1) is 15.8. The second-order valence-corrected chi connectivity index (χ2v) is 9.05. The third-order valence-electron chi connectivity index (χ3n) is 7.18. The molecule has 2 fully saturated rings. The molecule has 2 aromatic carbocycles. The molecule has 1 atom stereocenters. The summed E-state index contributed by atoms with van der Waals surface area (Å²) in [6.45, 7) is 5.62. The fourth-order valence-electron chi connectivity index (χ4n) is 5.46. The van der Waals surface area contributed by atoms with Crippen LogP contribution in [0.5, 0.6) is 11.5 Å². The Bertz CT molecular complexity index is 994. The standard InChI is InChI=1S/C26H31N3O3/c27-17-23-22(20-4-5-25-26(16-20)32-15-14-31-25)2-1-3-24(23)28-11-7-21(8-12-28)29-10-6-19(18-29)9-13-30/h1-5,16,19,21,30H,6-15,18H2. The fourth-order valence-corrected chi connectivity index (χ4v) is 5.46. The summed E-state index contributed by atoms with van der Waals surface area (Å²) in [6.07, 6.45) is 4.36. The highest BCUT2D eigenvalue weighted by Gasteiger charge is 2.31. The van der Waals surface area contributed by atoms with Gasteiger partial charge in [-0.25, -0.2) is 0 Å². The van der Waals surface area contributed by atoms with Crippen molar-refractivity contribution >= 4 is 5.69 Å². The number of rotatable bonds is 5. The molecule has 3 aliphatic rings. The van der Waals surface area contributed by atoms with Gasteiger partial charge in [-0.15, -0.1) is 0 Å². The van der Waals surface area contributed by atoms with Gasteiger partial charge in [0.05, 0.1) is 11.3 Å². The molecular weight excluding hydrogens is 402 g/mol. The van der Waals surface area contributed by atoms with Crippen LogP contribution in [0, 0.1) is 17.2 Å². The van der Waals surface area contributed by atoms with E-state index in [4.69, 9.17) is 9.47 Å². The van der Waals surface area contributed by atoms with Crippen molar-refractivity contribution in [3.63, 3.8) is 0 Å². The summed E-state index contributed by atoms with van der Waals surface area (Å²) in [6, 6.07) is 15.2. The maximum atomic E-state index is 10.1. The third kappa shape index (κ3) is 4.15. The second-order valence-electron chi connectivity index (χ2n) is 9.05. The molecular formula is C26H31N3O3. The van der Waals surface area contributed by atoms with Crippen molar-refractivity contribution in [2.45, 2.75) is 31.7 Å². The molecule has 3 aliphatic heterocycles. The summed E-state index contributed by atoms with van der Waals surface area (Å²) in [5, 5.41) is 19.3. The topological polar surface area (TPSA) is 69.0 Å². The Balaban J connectivity index is 1.32. The number of likely N-dealkylation sites (tertiary alicyclic amines) is 1.